The van der Waals surface area contributed by atoms with Crippen LogP contribution in [0, 0.1) is 5.92 Å². The number of hydrogen-bond donors (Lipinski definition) is 0. The molecule has 0 aromatic carbocycles. The van der Waals surface area contributed by atoms with Crippen molar-refractivity contribution in [1.29, 1.82) is 0 Å². The fraction of sp³-hybridized carbons (Fsp3) is 0.545. The minimum absolute atomic E-state index is 0.00544. The fourth-order valence-corrected chi connectivity index (χ4v) is 1.61. The molecule has 82 valence electrons. The van der Waals surface area contributed by atoms with E-state index in [4.69, 9.17) is 0 Å². The number of carbonyl (C=O) groups excluding carboxylic acids is 3. The highest BCUT2D eigenvalue weighted by Gasteiger charge is 2.33. The molecular weight excluding hydrogens is 196 g/mol. The Kier molecular flexibility index (Phi) is 4.21. The quantitative estimate of drug-likeness (QED) is 0.301. The predicted molar refractivity (Wildman–Crippen MR) is 53.1 cm³/mol. The van der Waals surface area contributed by atoms with Crippen molar-refractivity contribution in [3.8, 4) is 0 Å². The highest BCUT2D eigenvalue weighted by Crippen LogP contribution is 2.21. The molecule has 15 heavy (non-hydrogen) atoms. The minimum atomic E-state index is -0.921. The summed E-state index contributed by atoms with van der Waals surface area (Å²) in [4.78, 5) is 34.0. The Bertz CT molecular complexity index is 293. The molecule has 1 saturated carbocycles. The molecular formula is C11H14O4. The first-order valence-electron chi connectivity index (χ1n) is 5.01. The molecule has 0 bridgehead atoms. The normalized spacial score (nSPS) is 20.8. The molecule has 1 unspecified atom stereocenters. The van der Waals surface area contributed by atoms with Crippen LogP contribution in [0.1, 0.15) is 25.7 Å². The molecule has 0 spiro atoms. The van der Waals surface area contributed by atoms with Gasteiger partial charge in [0.2, 0.25) is 5.78 Å². The lowest BCUT2D eigenvalue weighted by Crippen LogP contribution is -2.33. The van der Waals surface area contributed by atoms with Crippen LogP contribution >= 0.6 is 0 Å². The largest absolute Gasteiger partial charge is 0.456 e. The summed E-state index contributed by atoms with van der Waals surface area (Å²) in [7, 11) is 0. The Labute approximate surface area is 88.3 Å². The van der Waals surface area contributed by atoms with E-state index in [1.165, 1.54) is 6.08 Å². The third-order valence-electron chi connectivity index (χ3n) is 2.40. The van der Waals surface area contributed by atoms with Gasteiger partial charge in [-0.15, -0.1) is 0 Å². The van der Waals surface area contributed by atoms with Crippen molar-refractivity contribution in [2.24, 2.45) is 5.92 Å². The topological polar surface area (TPSA) is 60.4 Å². The van der Waals surface area contributed by atoms with E-state index in [0.29, 0.717) is 12.8 Å². The lowest BCUT2D eigenvalue weighted by Gasteiger charge is -2.17. The van der Waals surface area contributed by atoms with Crippen molar-refractivity contribution >= 4 is 17.5 Å². The minimum Gasteiger partial charge on any atom is -0.456 e. The molecule has 1 rings (SSSR count). The summed E-state index contributed by atoms with van der Waals surface area (Å²) in [5.41, 5.74) is 0. The Morgan fingerprint density at radius 3 is 2.80 bits per heavy atom. The summed E-state index contributed by atoms with van der Waals surface area (Å²) >= 11 is 0. The summed E-state index contributed by atoms with van der Waals surface area (Å²) in [5, 5.41) is 0. The Balaban J connectivity index is 2.54. The van der Waals surface area contributed by atoms with E-state index in [0.717, 1.165) is 12.8 Å². The third kappa shape index (κ3) is 3.01. The zero-order valence-electron chi connectivity index (χ0n) is 8.53. The van der Waals surface area contributed by atoms with Gasteiger partial charge in [-0.1, -0.05) is 19.1 Å². The van der Waals surface area contributed by atoms with E-state index in [2.05, 4.69) is 11.3 Å². The summed E-state index contributed by atoms with van der Waals surface area (Å²) in [6.45, 7) is 3.37. The van der Waals surface area contributed by atoms with E-state index in [1.807, 2.05) is 0 Å². The molecule has 4 heteroatoms. The molecule has 0 saturated heterocycles. The zero-order valence-corrected chi connectivity index (χ0v) is 8.53. The monoisotopic (exact) mass is 210 g/mol. The average Bonchev–Trinajstić information content (AvgIpc) is 2.25. The average molecular weight is 210 g/mol. The maximum atomic E-state index is 11.5. The molecule has 1 fully saturated rings. The first-order valence-corrected chi connectivity index (χ1v) is 5.01. The summed E-state index contributed by atoms with van der Waals surface area (Å²) in [6, 6.07) is 0. The van der Waals surface area contributed by atoms with Gasteiger partial charge in [-0.25, -0.2) is 4.79 Å². The smallest absolute Gasteiger partial charge is 0.375 e. The van der Waals surface area contributed by atoms with Crippen LogP contribution in [0.4, 0.5) is 0 Å². The second-order valence-electron chi connectivity index (χ2n) is 3.52. The van der Waals surface area contributed by atoms with E-state index in [1.54, 1.807) is 0 Å². The molecule has 4 nitrogen and oxygen atoms in total. The Morgan fingerprint density at radius 2 is 2.20 bits per heavy atom. The van der Waals surface area contributed by atoms with E-state index < -0.39 is 17.7 Å². The lowest BCUT2D eigenvalue weighted by molar-refractivity contribution is -0.156. The van der Waals surface area contributed by atoms with Crippen LogP contribution in [0.3, 0.4) is 0 Å². The molecule has 0 aromatic heterocycles. The number of carbonyl (C=O) groups is 3. The number of Topliss-reactive ketones (excluding diaryl/α,β-unsaturated/α-hetero) is 2. The SMILES string of the molecule is C=CCOC(=O)C(=O)C1CCCCC1=O. The van der Waals surface area contributed by atoms with Gasteiger partial charge in [0.1, 0.15) is 12.4 Å². The molecule has 0 aliphatic heterocycles. The highest BCUT2D eigenvalue weighted by molar-refractivity contribution is 6.38. The fourth-order valence-electron chi connectivity index (χ4n) is 1.61. The molecule has 0 radical (unpaired) electrons. The maximum Gasteiger partial charge on any atom is 0.375 e. The van der Waals surface area contributed by atoms with Crippen molar-refractivity contribution in [2.75, 3.05) is 6.61 Å². The number of ether oxygens (including phenoxy) is 1. The van der Waals surface area contributed by atoms with Gasteiger partial charge in [0.05, 0.1) is 5.92 Å². The molecule has 0 heterocycles. The van der Waals surface area contributed by atoms with Crippen LogP contribution < -0.4 is 0 Å². The molecule has 1 aliphatic carbocycles. The first-order chi connectivity index (χ1) is 7.16. The zero-order chi connectivity index (χ0) is 11.3. The molecule has 0 aromatic rings. The maximum absolute atomic E-state index is 11.5. The van der Waals surface area contributed by atoms with Gasteiger partial charge in [-0.05, 0) is 12.8 Å². The van der Waals surface area contributed by atoms with Crippen molar-refractivity contribution in [1.82, 2.24) is 0 Å². The van der Waals surface area contributed by atoms with Crippen molar-refractivity contribution < 1.29 is 19.1 Å². The Morgan fingerprint density at radius 1 is 1.47 bits per heavy atom. The van der Waals surface area contributed by atoms with Gasteiger partial charge >= 0.3 is 5.97 Å². The number of hydrogen-bond acceptors (Lipinski definition) is 4. The van der Waals surface area contributed by atoms with E-state index >= 15 is 0 Å². The van der Waals surface area contributed by atoms with Crippen LogP contribution in [-0.2, 0) is 19.1 Å². The third-order valence-corrected chi connectivity index (χ3v) is 2.40. The van der Waals surface area contributed by atoms with Crippen LogP contribution in [0.5, 0.6) is 0 Å². The van der Waals surface area contributed by atoms with Gasteiger partial charge in [0, 0.05) is 6.42 Å². The molecule has 0 N–H and O–H groups in total. The lowest BCUT2D eigenvalue weighted by atomic mass is 9.85. The van der Waals surface area contributed by atoms with Crippen LogP contribution in [-0.4, -0.2) is 24.1 Å². The van der Waals surface area contributed by atoms with Gasteiger partial charge in [-0.2, -0.15) is 0 Å². The van der Waals surface area contributed by atoms with Crippen molar-refractivity contribution in [2.45, 2.75) is 25.7 Å². The highest BCUT2D eigenvalue weighted by atomic mass is 16.5. The first kappa shape index (κ1) is 11.6. The predicted octanol–water partition coefficient (Wildman–Crippen LogP) is 1.04. The van der Waals surface area contributed by atoms with Crippen molar-refractivity contribution in [3.05, 3.63) is 12.7 Å². The van der Waals surface area contributed by atoms with Crippen LogP contribution in [0.25, 0.3) is 0 Å². The van der Waals surface area contributed by atoms with Gasteiger partial charge in [-0.3, -0.25) is 9.59 Å². The number of ketones is 2. The molecule has 0 amide bonds. The Hall–Kier alpha value is -1.45. The standard InChI is InChI=1S/C11H14O4/c1-2-7-15-11(14)10(13)8-5-3-4-6-9(8)12/h2,8H,1,3-7H2. The van der Waals surface area contributed by atoms with Gasteiger partial charge in [0.15, 0.2) is 0 Å². The molecule has 1 atom stereocenters. The summed E-state index contributed by atoms with van der Waals surface area (Å²) < 4.78 is 4.60. The van der Waals surface area contributed by atoms with Crippen molar-refractivity contribution in [3.63, 3.8) is 0 Å². The van der Waals surface area contributed by atoms with Gasteiger partial charge < -0.3 is 4.74 Å². The molecule has 1 aliphatic rings. The summed E-state index contributed by atoms with van der Waals surface area (Å²) in [6.07, 6.45) is 3.88. The second kappa shape index (κ2) is 5.44. The van der Waals surface area contributed by atoms with Crippen LogP contribution in [0.2, 0.25) is 0 Å². The second-order valence-corrected chi connectivity index (χ2v) is 3.52. The van der Waals surface area contributed by atoms with Crippen LogP contribution in [0.15, 0.2) is 12.7 Å². The number of esters is 1. The number of rotatable bonds is 4. The summed E-state index contributed by atoms with van der Waals surface area (Å²) in [5.74, 6) is -2.53. The van der Waals surface area contributed by atoms with E-state index in [-0.39, 0.29) is 12.4 Å². The van der Waals surface area contributed by atoms with E-state index in [9.17, 15) is 14.4 Å². The van der Waals surface area contributed by atoms with Gasteiger partial charge in [0.25, 0.3) is 0 Å².